The molecule has 0 amide bonds. The monoisotopic (exact) mass is 298 g/mol. The number of hydrogen-bond acceptors (Lipinski definition) is 2. The predicted octanol–water partition coefficient (Wildman–Crippen LogP) is 4.08. The van der Waals surface area contributed by atoms with Gasteiger partial charge in [-0.3, -0.25) is 4.79 Å². The van der Waals surface area contributed by atoms with Gasteiger partial charge in [0.1, 0.15) is 5.82 Å². The van der Waals surface area contributed by atoms with Crippen LogP contribution >= 0.6 is 27.3 Å². The van der Waals surface area contributed by atoms with Crippen LogP contribution in [-0.2, 0) is 6.42 Å². The second kappa shape index (κ2) is 4.89. The highest BCUT2D eigenvalue weighted by Crippen LogP contribution is 2.22. The lowest BCUT2D eigenvalue weighted by Crippen LogP contribution is -2.02. The van der Waals surface area contributed by atoms with Crippen molar-refractivity contribution in [1.82, 2.24) is 0 Å². The van der Waals surface area contributed by atoms with Crippen molar-refractivity contribution in [2.24, 2.45) is 0 Å². The van der Waals surface area contributed by atoms with Crippen molar-refractivity contribution in [1.29, 1.82) is 0 Å². The first-order valence-electron chi connectivity index (χ1n) is 4.68. The highest BCUT2D eigenvalue weighted by Gasteiger charge is 2.12. The molecule has 0 atom stereocenters. The fourth-order valence-electron chi connectivity index (χ4n) is 1.38. The van der Waals surface area contributed by atoms with Gasteiger partial charge in [0.2, 0.25) is 0 Å². The van der Waals surface area contributed by atoms with Gasteiger partial charge in [-0.25, -0.2) is 4.39 Å². The second-order valence-electron chi connectivity index (χ2n) is 3.29. The number of ketones is 1. The molecule has 0 saturated heterocycles. The third kappa shape index (κ3) is 2.39. The summed E-state index contributed by atoms with van der Waals surface area (Å²) in [6.45, 7) is 0. The lowest BCUT2D eigenvalue weighted by Gasteiger charge is -2.03. The van der Waals surface area contributed by atoms with Crippen LogP contribution in [0.15, 0.2) is 40.2 Å². The fourth-order valence-corrected chi connectivity index (χ4v) is 2.45. The lowest BCUT2D eigenvalue weighted by molar-refractivity contribution is 0.0996. The molecule has 0 saturated carbocycles. The van der Waals surface area contributed by atoms with E-state index in [1.807, 2.05) is 11.4 Å². The van der Waals surface area contributed by atoms with E-state index in [1.54, 1.807) is 18.2 Å². The first-order valence-corrected chi connectivity index (χ1v) is 6.35. The fraction of sp³-hybridized carbons (Fsp3) is 0.0833. The lowest BCUT2D eigenvalue weighted by atomic mass is 10.1. The summed E-state index contributed by atoms with van der Waals surface area (Å²) < 4.78 is 13.6. The first-order chi connectivity index (χ1) is 7.68. The Hall–Kier alpha value is -1.00. The Kier molecular flexibility index (Phi) is 3.51. The Balaban J connectivity index is 2.22. The molecule has 0 fully saturated rings. The van der Waals surface area contributed by atoms with Crippen LogP contribution in [0.3, 0.4) is 0 Å². The minimum Gasteiger partial charge on any atom is -0.293 e. The van der Waals surface area contributed by atoms with E-state index in [1.165, 1.54) is 17.4 Å². The van der Waals surface area contributed by atoms with Crippen LogP contribution in [0.2, 0.25) is 0 Å². The molecule has 0 spiro atoms. The zero-order chi connectivity index (χ0) is 11.5. The Morgan fingerprint density at radius 2 is 2.12 bits per heavy atom. The third-order valence-corrected chi connectivity index (χ3v) is 3.98. The van der Waals surface area contributed by atoms with E-state index in [9.17, 15) is 9.18 Å². The molecule has 4 heteroatoms. The van der Waals surface area contributed by atoms with Gasteiger partial charge in [-0.15, -0.1) is 11.3 Å². The van der Waals surface area contributed by atoms with Crippen molar-refractivity contribution in [2.75, 3.05) is 0 Å². The summed E-state index contributed by atoms with van der Waals surface area (Å²) in [5.74, 6) is -0.322. The molecule has 1 aromatic carbocycles. The second-order valence-corrected chi connectivity index (χ2v) is 5.03. The van der Waals surface area contributed by atoms with Crippen molar-refractivity contribution in [3.05, 3.63) is 56.4 Å². The van der Waals surface area contributed by atoms with Gasteiger partial charge in [0.25, 0.3) is 0 Å². The normalized spacial score (nSPS) is 10.4. The molecule has 1 nitrogen and oxygen atoms in total. The molecular weight excluding hydrogens is 291 g/mol. The SMILES string of the molecule is O=C(Cc1cccc(F)c1Br)c1cccs1. The number of halogens is 2. The highest BCUT2D eigenvalue weighted by atomic mass is 79.9. The Bertz CT molecular complexity index is 508. The number of thiophene rings is 1. The molecule has 0 aliphatic carbocycles. The number of carbonyl (C=O) groups excluding carboxylic acids is 1. The van der Waals surface area contributed by atoms with Crippen molar-refractivity contribution in [3.8, 4) is 0 Å². The minimum atomic E-state index is -0.337. The molecule has 0 bridgehead atoms. The molecule has 82 valence electrons. The number of rotatable bonds is 3. The van der Waals surface area contributed by atoms with Crippen LogP contribution in [0, 0.1) is 5.82 Å². The third-order valence-electron chi connectivity index (χ3n) is 2.18. The zero-order valence-electron chi connectivity index (χ0n) is 8.24. The number of hydrogen-bond donors (Lipinski definition) is 0. The minimum absolute atomic E-state index is 0.0151. The van der Waals surface area contributed by atoms with Gasteiger partial charge in [0, 0.05) is 6.42 Å². The summed E-state index contributed by atoms with van der Waals surface area (Å²) in [4.78, 5) is 12.5. The summed E-state index contributed by atoms with van der Waals surface area (Å²) in [6.07, 6.45) is 0.221. The number of carbonyl (C=O) groups is 1. The van der Waals surface area contributed by atoms with Gasteiger partial charge < -0.3 is 0 Å². The van der Waals surface area contributed by atoms with Gasteiger partial charge in [-0.1, -0.05) is 18.2 Å². The molecule has 1 aromatic heterocycles. The average Bonchev–Trinajstić information content (AvgIpc) is 2.78. The van der Waals surface area contributed by atoms with Gasteiger partial charge >= 0.3 is 0 Å². The Morgan fingerprint density at radius 3 is 2.81 bits per heavy atom. The molecule has 16 heavy (non-hydrogen) atoms. The standard InChI is InChI=1S/C12H8BrFOS/c13-12-8(3-1-4-9(12)14)7-10(15)11-5-2-6-16-11/h1-6H,7H2. The number of benzene rings is 1. The summed E-state index contributed by atoms with van der Waals surface area (Å²) in [7, 11) is 0. The van der Waals surface area contributed by atoms with E-state index in [2.05, 4.69) is 15.9 Å². The van der Waals surface area contributed by atoms with E-state index in [4.69, 9.17) is 0 Å². The molecule has 0 aliphatic heterocycles. The Morgan fingerprint density at radius 1 is 1.31 bits per heavy atom. The van der Waals surface area contributed by atoms with Gasteiger partial charge in [-0.2, -0.15) is 0 Å². The van der Waals surface area contributed by atoms with Gasteiger partial charge in [-0.05, 0) is 39.0 Å². The van der Waals surface area contributed by atoms with Crippen molar-refractivity contribution >= 4 is 33.0 Å². The molecule has 0 unspecified atom stereocenters. The van der Waals surface area contributed by atoms with E-state index >= 15 is 0 Å². The van der Waals surface area contributed by atoms with Crippen LogP contribution in [0.1, 0.15) is 15.2 Å². The zero-order valence-corrected chi connectivity index (χ0v) is 10.6. The van der Waals surface area contributed by atoms with Gasteiger partial charge in [0.05, 0.1) is 9.35 Å². The maximum absolute atomic E-state index is 13.2. The van der Waals surface area contributed by atoms with Gasteiger partial charge in [0.15, 0.2) is 5.78 Å². The van der Waals surface area contributed by atoms with E-state index in [0.717, 1.165) is 0 Å². The summed E-state index contributed by atoms with van der Waals surface area (Å²) in [5, 5.41) is 1.86. The quantitative estimate of drug-likeness (QED) is 0.781. The smallest absolute Gasteiger partial charge is 0.177 e. The summed E-state index contributed by atoms with van der Waals surface area (Å²) in [6, 6.07) is 8.33. The largest absolute Gasteiger partial charge is 0.293 e. The van der Waals surface area contributed by atoms with Crippen molar-refractivity contribution < 1.29 is 9.18 Å². The maximum Gasteiger partial charge on any atom is 0.177 e. The summed E-state index contributed by atoms with van der Waals surface area (Å²) >= 11 is 4.55. The van der Waals surface area contributed by atoms with Crippen molar-refractivity contribution in [2.45, 2.75) is 6.42 Å². The molecule has 2 aromatic rings. The van der Waals surface area contributed by atoms with E-state index in [-0.39, 0.29) is 18.0 Å². The number of Topliss-reactive ketones (excluding diaryl/α,β-unsaturated/α-hetero) is 1. The van der Waals surface area contributed by atoms with Crippen LogP contribution in [-0.4, -0.2) is 5.78 Å². The molecule has 0 radical (unpaired) electrons. The molecule has 2 rings (SSSR count). The average molecular weight is 299 g/mol. The molecule has 0 N–H and O–H groups in total. The van der Waals surface area contributed by atoms with Crippen LogP contribution in [0.4, 0.5) is 4.39 Å². The van der Waals surface area contributed by atoms with Crippen LogP contribution in [0.25, 0.3) is 0 Å². The Labute approximate surface area is 105 Å². The summed E-state index contributed by atoms with van der Waals surface area (Å²) in [5.41, 5.74) is 0.679. The topological polar surface area (TPSA) is 17.1 Å². The molecule has 0 aliphatic rings. The molecule has 1 heterocycles. The van der Waals surface area contributed by atoms with E-state index < -0.39 is 0 Å². The maximum atomic E-state index is 13.2. The van der Waals surface area contributed by atoms with Crippen molar-refractivity contribution in [3.63, 3.8) is 0 Å². The van der Waals surface area contributed by atoms with Crippen LogP contribution < -0.4 is 0 Å². The first kappa shape index (κ1) is 11.5. The van der Waals surface area contributed by atoms with Crippen LogP contribution in [0.5, 0.6) is 0 Å². The molecular formula is C12H8BrFOS. The van der Waals surface area contributed by atoms with E-state index in [0.29, 0.717) is 14.9 Å². The predicted molar refractivity (Wildman–Crippen MR) is 66.5 cm³/mol. The highest BCUT2D eigenvalue weighted by molar-refractivity contribution is 9.10.